The summed E-state index contributed by atoms with van der Waals surface area (Å²) in [5.74, 6) is 0. The predicted molar refractivity (Wildman–Crippen MR) is 63.5 cm³/mol. The average molecular weight is 211 g/mol. The fourth-order valence-electron chi connectivity index (χ4n) is 1.58. The highest BCUT2D eigenvalue weighted by Gasteiger charge is 1.96. The molecular formula is C14H13NO. The van der Waals surface area contributed by atoms with Crippen LogP contribution in [0.2, 0.25) is 0 Å². The summed E-state index contributed by atoms with van der Waals surface area (Å²) in [6.45, 7) is 0. The first-order chi connectivity index (χ1) is 7.88. The average Bonchev–Trinajstić information content (AvgIpc) is 2.38. The Morgan fingerprint density at radius 1 is 1.00 bits per heavy atom. The van der Waals surface area contributed by atoms with Crippen LogP contribution in [0.3, 0.4) is 0 Å². The van der Waals surface area contributed by atoms with E-state index in [0.717, 1.165) is 30.4 Å². The van der Waals surface area contributed by atoms with Crippen molar-refractivity contribution >= 4 is 6.29 Å². The first-order valence-corrected chi connectivity index (χ1v) is 5.32. The second-order valence-corrected chi connectivity index (χ2v) is 3.68. The SMILES string of the molecule is O=Cc1ccc(CCc2ccccn2)cc1. The summed E-state index contributed by atoms with van der Waals surface area (Å²) in [7, 11) is 0. The first kappa shape index (κ1) is 10.6. The molecule has 0 saturated carbocycles. The van der Waals surface area contributed by atoms with Gasteiger partial charge in [-0.1, -0.05) is 30.3 Å². The Kier molecular flexibility index (Phi) is 3.44. The molecule has 0 radical (unpaired) electrons. The summed E-state index contributed by atoms with van der Waals surface area (Å²) >= 11 is 0. The summed E-state index contributed by atoms with van der Waals surface area (Å²) in [6, 6.07) is 13.6. The number of aryl methyl sites for hydroxylation is 2. The van der Waals surface area contributed by atoms with Crippen molar-refractivity contribution in [2.75, 3.05) is 0 Å². The highest BCUT2D eigenvalue weighted by Crippen LogP contribution is 2.06. The standard InChI is InChI=1S/C14H13NO/c16-11-13-6-4-12(5-7-13)8-9-14-3-1-2-10-15-14/h1-7,10-11H,8-9H2. The summed E-state index contributed by atoms with van der Waals surface area (Å²) in [5.41, 5.74) is 3.06. The van der Waals surface area contributed by atoms with E-state index in [4.69, 9.17) is 0 Å². The number of pyridine rings is 1. The molecule has 0 unspecified atom stereocenters. The summed E-state index contributed by atoms with van der Waals surface area (Å²) in [4.78, 5) is 14.8. The lowest BCUT2D eigenvalue weighted by Crippen LogP contribution is -1.93. The number of aromatic nitrogens is 1. The van der Waals surface area contributed by atoms with Crippen molar-refractivity contribution in [1.82, 2.24) is 4.98 Å². The van der Waals surface area contributed by atoms with Crippen LogP contribution in [0, 0.1) is 0 Å². The van der Waals surface area contributed by atoms with Gasteiger partial charge in [-0.3, -0.25) is 9.78 Å². The minimum atomic E-state index is 0.724. The Bertz CT molecular complexity index is 448. The van der Waals surface area contributed by atoms with Crippen molar-refractivity contribution in [3.8, 4) is 0 Å². The number of hydrogen-bond acceptors (Lipinski definition) is 2. The normalized spacial score (nSPS) is 10.0. The zero-order valence-corrected chi connectivity index (χ0v) is 8.97. The molecule has 0 N–H and O–H groups in total. The van der Waals surface area contributed by atoms with Crippen molar-refractivity contribution < 1.29 is 4.79 Å². The molecule has 1 aromatic carbocycles. The van der Waals surface area contributed by atoms with Gasteiger partial charge in [-0.05, 0) is 30.5 Å². The van der Waals surface area contributed by atoms with E-state index in [2.05, 4.69) is 4.98 Å². The number of rotatable bonds is 4. The van der Waals surface area contributed by atoms with Gasteiger partial charge >= 0.3 is 0 Å². The smallest absolute Gasteiger partial charge is 0.150 e. The zero-order chi connectivity index (χ0) is 11.2. The highest BCUT2D eigenvalue weighted by atomic mass is 16.1. The molecule has 0 amide bonds. The van der Waals surface area contributed by atoms with Crippen LogP contribution in [-0.2, 0) is 12.8 Å². The molecule has 0 spiro atoms. The minimum Gasteiger partial charge on any atom is -0.298 e. The molecule has 0 fully saturated rings. The zero-order valence-electron chi connectivity index (χ0n) is 8.97. The number of nitrogens with zero attached hydrogens (tertiary/aromatic N) is 1. The molecule has 0 atom stereocenters. The molecule has 0 aliphatic heterocycles. The Balaban J connectivity index is 1.97. The Hall–Kier alpha value is -1.96. The van der Waals surface area contributed by atoms with Crippen LogP contribution in [0.15, 0.2) is 48.7 Å². The van der Waals surface area contributed by atoms with Crippen molar-refractivity contribution in [2.45, 2.75) is 12.8 Å². The molecule has 0 aliphatic carbocycles. The van der Waals surface area contributed by atoms with Gasteiger partial charge in [0.25, 0.3) is 0 Å². The fraction of sp³-hybridized carbons (Fsp3) is 0.143. The summed E-state index contributed by atoms with van der Waals surface area (Å²) < 4.78 is 0. The third-order valence-electron chi connectivity index (χ3n) is 2.51. The number of benzene rings is 1. The first-order valence-electron chi connectivity index (χ1n) is 5.32. The van der Waals surface area contributed by atoms with Crippen LogP contribution >= 0.6 is 0 Å². The molecule has 2 rings (SSSR count). The number of hydrogen-bond donors (Lipinski definition) is 0. The lowest BCUT2D eigenvalue weighted by molar-refractivity contribution is 0.112. The van der Waals surface area contributed by atoms with Crippen LogP contribution in [0.1, 0.15) is 21.6 Å². The summed E-state index contributed by atoms with van der Waals surface area (Å²) in [5, 5.41) is 0. The maximum atomic E-state index is 10.5. The van der Waals surface area contributed by atoms with E-state index in [-0.39, 0.29) is 0 Å². The Morgan fingerprint density at radius 3 is 2.44 bits per heavy atom. The van der Waals surface area contributed by atoms with Crippen LogP contribution in [0.4, 0.5) is 0 Å². The highest BCUT2D eigenvalue weighted by molar-refractivity contribution is 5.74. The third-order valence-corrected chi connectivity index (χ3v) is 2.51. The number of aldehydes is 1. The molecule has 0 saturated heterocycles. The van der Waals surface area contributed by atoms with Crippen LogP contribution in [-0.4, -0.2) is 11.3 Å². The van der Waals surface area contributed by atoms with Crippen LogP contribution in [0.25, 0.3) is 0 Å². The van der Waals surface area contributed by atoms with Gasteiger partial charge in [-0.2, -0.15) is 0 Å². The fourth-order valence-corrected chi connectivity index (χ4v) is 1.58. The van der Waals surface area contributed by atoms with Gasteiger partial charge < -0.3 is 0 Å². The van der Waals surface area contributed by atoms with E-state index in [1.54, 1.807) is 0 Å². The van der Waals surface area contributed by atoms with E-state index in [9.17, 15) is 4.79 Å². The molecule has 1 heterocycles. The van der Waals surface area contributed by atoms with Gasteiger partial charge in [-0.15, -0.1) is 0 Å². The van der Waals surface area contributed by atoms with E-state index in [1.807, 2.05) is 48.7 Å². The third kappa shape index (κ3) is 2.76. The number of carbonyl (C=O) groups is 1. The second-order valence-electron chi connectivity index (χ2n) is 3.68. The Labute approximate surface area is 95.0 Å². The lowest BCUT2D eigenvalue weighted by Gasteiger charge is -2.01. The largest absolute Gasteiger partial charge is 0.298 e. The lowest BCUT2D eigenvalue weighted by atomic mass is 10.1. The molecule has 2 aromatic rings. The van der Waals surface area contributed by atoms with Gasteiger partial charge in [0.05, 0.1) is 0 Å². The maximum absolute atomic E-state index is 10.5. The molecule has 2 heteroatoms. The van der Waals surface area contributed by atoms with Crippen molar-refractivity contribution in [2.24, 2.45) is 0 Å². The monoisotopic (exact) mass is 211 g/mol. The van der Waals surface area contributed by atoms with Gasteiger partial charge in [0.2, 0.25) is 0 Å². The van der Waals surface area contributed by atoms with Crippen molar-refractivity contribution in [3.05, 3.63) is 65.5 Å². The molecule has 1 aromatic heterocycles. The van der Waals surface area contributed by atoms with Crippen molar-refractivity contribution in [1.29, 1.82) is 0 Å². The molecule has 0 bridgehead atoms. The molecule has 0 aliphatic rings. The van der Waals surface area contributed by atoms with E-state index in [1.165, 1.54) is 5.56 Å². The van der Waals surface area contributed by atoms with Crippen molar-refractivity contribution in [3.63, 3.8) is 0 Å². The molecule has 2 nitrogen and oxygen atoms in total. The van der Waals surface area contributed by atoms with E-state index < -0.39 is 0 Å². The van der Waals surface area contributed by atoms with E-state index >= 15 is 0 Å². The van der Waals surface area contributed by atoms with Crippen LogP contribution < -0.4 is 0 Å². The molecular weight excluding hydrogens is 198 g/mol. The quantitative estimate of drug-likeness (QED) is 0.728. The number of carbonyl (C=O) groups excluding carboxylic acids is 1. The van der Waals surface area contributed by atoms with Gasteiger partial charge in [0, 0.05) is 17.5 Å². The Morgan fingerprint density at radius 2 is 1.81 bits per heavy atom. The van der Waals surface area contributed by atoms with Gasteiger partial charge in [-0.25, -0.2) is 0 Å². The minimum absolute atomic E-state index is 0.724. The topological polar surface area (TPSA) is 30.0 Å². The van der Waals surface area contributed by atoms with E-state index in [0.29, 0.717) is 0 Å². The van der Waals surface area contributed by atoms with Gasteiger partial charge in [0.1, 0.15) is 6.29 Å². The molecule has 80 valence electrons. The van der Waals surface area contributed by atoms with Crippen LogP contribution in [0.5, 0.6) is 0 Å². The predicted octanol–water partition coefficient (Wildman–Crippen LogP) is 2.68. The maximum Gasteiger partial charge on any atom is 0.150 e. The summed E-state index contributed by atoms with van der Waals surface area (Å²) in [6.07, 6.45) is 4.56. The van der Waals surface area contributed by atoms with Gasteiger partial charge in [0.15, 0.2) is 0 Å². The second kappa shape index (κ2) is 5.21. The molecule has 16 heavy (non-hydrogen) atoms.